The van der Waals surface area contributed by atoms with Crippen LogP contribution in [-0.4, -0.2) is 40.3 Å². The Morgan fingerprint density at radius 3 is 2.32 bits per heavy atom. The minimum atomic E-state index is -0.243. The van der Waals surface area contributed by atoms with E-state index in [1.165, 1.54) is 10.5 Å². The lowest BCUT2D eigenvalue weighted by molar-refractivity contribution is -0.119. The standard InChI is InChI=1S/C29H35NO4/c1-28-15-12-24(31)20(13-16-30-26(33)17-5-3-4-6-18(17)27(30)34)22(28)8-7-19-21-9-10-25(32)29(21,2)14-11-23(19)28/h3-6,19,21,23,25,32H,7-16H2,1-2H3. The molecule has 1 aromatic rings. The smallest absolute Gasteiger partial charge is 0.261 e. The summed E-state index contributed by atoms with van der Waals surface area (Å²) < 4.78 is 0. The van der Waals surface area contributed by atoms with Crippen molar-refractivity contribution in [2.75, 3.05) is 6.54 Å². The zero-order valence-corrected chi connectivity index (χ0v) is 20.3. The summed E-state index contributed by atoms with van der Waals surface area (Å²) in [6.07, 6.45) is 8.02. The second kappa shape index (κ2) is 7.61. The zero-order chi connectivity index (χ0) is 23.8. The van der Waals surface area contributed by atoms with Gasteiger partial charge >= 0.3 is 0 Å². The van der Waals surface area contributed by atoms with Crippen LogP contribution < -0.4 is 0 Å². The van der Waals surface area contributed by atoms with E-state index in [4.69, 9.17) is 0 Å². The molecular formula is C29H35NO4. The van der Waals surface area contributed by atoms with Crippen LogP contribution in [0.25, 0.3) is 0 Å². The van der Waals surface area contributed by atoms with E-state index in [2.05, 4.69) is 13.8 Å². The number of carbonyl (C=O) groups excluding carboxylic acids is 3. The molecule has 5 nitrogen and oxygen atoms in total. The molecule has 180 valence electrons. The first-order chi connectivity index (χ1) is 16.3. The van der Waals surface area contributed by atoms with Gasteiger partial charge in [0.1, 0.15) is 0 Å². The van der Waals surface area contributed by atoms with E-state index in [1.54, 1.807) is 24.3 Å². The largest absolute Gasteiger partial charge is 0.393 e. The maximum absolute atomic E-state index is 13.1. The Balaban J connectivity index is 1.27. The van der Waals surface area contributed by atoms with Crippen LogP contribution in [0.2, 0.25) is 0 Å². The van der Waals surface area contributed by atoms with Crippen LogP contribution in [0, 0.1) is 28.6 Å². The number of rotatable bonds is 3. The van der Waals surface area contributed by atoms with Gasteiger partial charge in [-0.1, -0.05) is 31.6 Å². The van der Waals surface area contributed by atoms with Crippen LogP contribution in [-0.2, 0) is 4.79 Å². The third-order valence-electron chi connectivity index (χ3n) is 10.7. The van der Waals surface area contributed by atoms with Gasteiger partial charge in [-0.2, -0.15) is 0 Å². The molecule has 3 saturated carbocycles. The van der Waals surface area contributed by atoms with Crippen LogP contribution in [0.15, 0.2) is 35.4 Å². The number of aliphatic hydroxyl groups excluding tert-OH is 1. The van der Waals surface area contributed by atoms with Gasteiger partial charge in [0.15, 0.2) is 5.78 Å². The maximum Gasteiger partial charge on any atom is 0.261 e. The fraction of sp³-hybridized carbons (Fsp3) is 0.621. The highest BCUT2D eigenvalue weighted by Crippen LogP contribution is 2.65. The molecule has 6 atom stereocenters. The molecule has 1 heterocycles. The highest BCUT2D eigenvalue weighted by Gasteiger charge is 2.59. The van der Waals surface area contributed by atoms with Crippen molar-refractivity contribution in [1.82, 2.24) is 4.90 Å². The molecule has 0 saturated heterocycles. The minimum absolute atomic E-state index is 0.0169. The lowest BCUT2D eigenvalue weighted by Gasteiger charge is -2.58. The lowest BCUT2D eigenvalue weighted by atomic mass is 9.46. The van der Waals surface area contributed by atoms with Crippen molar-refractivity contribution < 1.29 is 19.5 Å². The van der Waals surface area contributed by atoms with Gasteiger partial charge in [-0.25, -0.2) is 0 Å². The fourth-order valence-electron chi connectivity index (χ4n) is 8.75. The van der Waals surface area contributed by atoms with Gasteiger partial charge in [-0.05, 0) is 97.7 Å². The molecule has 1 N–H and O–H groups in total. The molecule has 5 heteroatoms. The summed E-state index contributed by atoms with van der Waals surface area (Å²) in [5, 5.41) is 10.7. The molecule has 2 amide bonds. The minimum Gasteiger partial charge on any atom is -0.393 e. The number of Topliss-reactive ketones (excluding diaryl/α,β-unsaturated/α-hetero) is 1. The van der Waals surface area contributed by atoms with Crippen LogP contribution in [0.5, 0.6) is 0 Å². The first kappa shape index (κ1) is 22.2. The fourth-order valence-corrected chi connectivity index (χ4v) is 8.75. The number of hydrogen-bond donors (Lipinski definition) is 1. The van der Waals surface area contributed by atoms with Crippen LogP contribution >= 0.6 is 0 Å². The molecule has 6 rings (SSSR count). The SMILES string of the molecule is CC12CCC(=O)C(CCN3C(=O)c4ccccc4C3=O)=C1CCC1C2CCC2(C)C(O)CCC12. The van der Waals surface area contributed by atoms with Crippen LogP contribution in [0.3, 0.4) is 0 Å². The Morgan fingerprint density at radius 2 is 1.62 bits per heavy atom. The van der Waals surface area contributed by atoms with Gasteiger partial charge in [0.2, 0.25) is 0 Å². The normalized spacial score (nSPS) is 39.1. The highest BCUT2D eigenvalue weighted by molar-refractivity contribution is 6.21. The number of nitrogens with zero attached hydrogens (tertiary/aromatic N) is 1. The summed E-state index contributed by atoms with van der Waals surface area (Å²) in [4.78, 5) is 40.1. The second-order valence-electron chi connectivity index (χ2n) is 11.9. The molecule has 34 heavy (non-hydrogen) atoms. The van der Waals surface area contributed by atoms with E-state index in [0.29, 0.717) is 41.7 Å². The lowest BCUT2D eigenvalue weighted by Crippen LogP contribution is -2.51. The number of hydrogen-bond acceptors (Lipinski definition) is 4. The summed E-state index contributed by atoms with van der Waals surface area (Å²) >= 11 is 0. The summed E-state index contributed by atoms with van der Waals surface area (Å²) in [5.74, 6) is 1.48. The molecule has 1 aliphatic heterocycles. The first-order valence-electron chi connectivity index (χ1n) is 13.1. The number of benzene rings is 1. The van der Waals surface area contributed by atoms with Crippen molar-refractivity contribution in [3.63, 3.8) is 0 Å². The molecule has 6 unspecified atom stereocenters. The Morgan fingerprint density at radius 1 is 0.912 bits per heavy atom. The molecule has 0 radical (unpaired) electrons. The third-order valence-corrected chi connectivity index (χ3v) is 10.7. The third kappa shape index (κ3) is 2.92. The Kier molecular flexibility index (Phi) is 4.97. The number of allylic oxidation sites excluding steroid dienone is 1. The number of imide groups is 1. The van der Waals surface area contributed by atoms with Gasteiger partial charge in [-0.15, -0.1) is 0 Å². The second-order valence-corrected chi connectivity index (χ2v) is 11.9. The maximum atomic E-state index is 13.1. The predicted octanol–water partition coefficient (Wildman–Crippen LogP) is 4.94. The average molecular weight is 462 g/mol. The topological polar surface area (TPSA) is 74.7 Å². The monoisotopic (exact) mass is 461 g/mol. The molecule has 0 spiro atoms. The molecule has 4 aliphatic carbocycles. The Labute approximate surface area is 201 Å². The average Bonchev–Trinajstić information content (AvgIpc) is 3.27. The quantitative estimate of drug-likeness (QED) is 0.648. The summed E-state index contributed by atoms with van der Waals surface area (Å²) in [5.41, 5.74) is 3.21. The van der Waals surface area contributed by atoms with E-state index in [0.717, 1.165) is 50.5 Å². The number of fused-ring (bicyclic) bond motifs is 6. The number of aliphatic hydroxyl groups is 1. The molecule has 5 aliphatic rings. The molecule has 3 fully saturated rings. The predicted molar refractivity (Wildman–Crippen MR) is 128 cm³/mol. The van der Waals surface area contributed by atoms with E-state index >= 15 is 0 Å². The van der Waals surface area contributed by atoms with Gasteiger partial charge in [0.05, 0.1) is 17.2 Å². The Hall–Kier alpha value is -2.27. The van der Waals surface area contributed by atoms with E-state index < -0.39 is 0 Å². The van der Waals surface area contributed by atoms with E-state index in [-0.39, 0.29) is 41.1 Å². The van der Waals surface area contributed by atoms with Gasteiger partial charge in [-0.3, -0.25) is 19.3 Å². The van der Waals surface area contributed by atoms with Crippen LogP contribution in [0.4, 0.5) is 0 Å². The molecule has 1 aromatic carbocycles. The van der Waals surface area contributed by atoms with E-state index in [1.807, 2.05) is 0 Å². The van der Waals surface area contributed by atoms with Gasteiger partial charge in [0, 0.05) is 13.0 Å². The van der Waals surface area contributed by atoms with Crippen molar-refractivity contribution in [1.29, 1.82) is 0 Å². The van der Waals surface area contributed by atoms with Crippen molar-refractivity contribution in [3.8, 4) is 0 Å². The van der Waals surface area contributed by atoms with Gasteiger partial charge in [0.25, 0.3) is 11.8 Å². The summed E-state index contributed by atoms with van der Waals surface area (Å²) in [7, 11) is 0. The number of ketones is 1. The van der Waals surface area contributed by atoms with Crippen molar-refractivity contribution >= 4 is 17.6 Å². The Bertz CT molecular complexity index is 1090. The molecule has 0 aromatic heterocycles. The first-order valence-corrected chi connectivity index (χ1v) is 13.1. The number of amides is 2. The van der Waals surface area contributed by atoms with Crippen molar-refractivity contribution in [3.05, 3.63) is 46.5 Å². The number of carbonyl (C=O) groups is 3. The van der Waals surface area contributed by atoms with Gasteiger partial charge < -0.3 is 5.11 Å². The van der Waals surface area contributed by atoms with Crippen molar-refractivity contribution in [2.45, 2.75) is 77.7 Å². The van der Waals surface area contributed by atoms with Crippen molar-refractivity contribution in [2.24, 2.45) is 28.6 Å². The van der Waals surface area contributed by atoms with Crippen LogP contribution in [0.1, 0.15) is 92.4 Å². The zero-order valence-electron chi connectivity index (χ0n) is 20.3. The molecular weight excluding hydrogens is 426 g/mol. The molecule has 0 bridgehead atoms. The summed E-state index contributed by atoms with van der Waals surface area (Å²) in [6.45, 7) is 4.95. The van der Waals surface area contributed by atoms with E-state index in [9.17, 15) is 19.5 Å². The highest BCUT2D eigenvalue weighted by atomic mass is 16.3. The summed E-state index contributed by atoms with van der Waals surface area (Å²) in [6, 6.07) is 6.98.